The molecule has 3 amide bonds. The van der Waals surface area contributed by atoms with Crippen molar-refractivity contribution in [2.75, 3.05) is 0 Å². The normalized spacial score (nSPS) is 28.7. The quantitative estimate of drug-likeness (QED) is 0.352. The molecule has 4 rings (SSSR count). The van der Waals surface area contributed by atoms with Crippen molar-refractivity contribution >= 4 is 23.7 Å². The highest BCUT2D eigenvalue weighted by Gasteiger charge is 2.44. The first-order valence-corrected chi connectivity index (χ1v) is 12.6. The molecule has 1 saturated carbocycles. The number of aliphatic hydroxyl groups is 1. The molecule has 0 radical (unpaired) electrons. The van der Waals surface area contributed by atoms with Gasteiger partial charge in [0.2, 0.25) is 5.91 Å². The summed E-state index contributed by atoms with van der Waals surface area (Å²) in [7, 11) is 0. The van der Waals surface area contributed by atoms with E-state index in [1.165, 1.54) is 19.1 Å². The summed E-state index contributed by atoms with van der Waals surface area (Å²) >= 11 is 0. The predicted molar refractivity (Wildman–Crippen MR) is 135 cm³/mol. The lowest BCUT2D eigenvalue weighted by Crippen LogP contribution is -2.62. The minimum Gasteiger partial charge on any atom is -0.507 e. The van der Waals surface area contributed by atoms with Gasteiger partial charge in [-0.05, 0) is 56.9 Å². The third kappa shape index (κ3) is 6.28. The topological polar surface area (TPSA) is 167 Å². The van der Waals surface area contributed by atoms with Crippen LogP contribution in [-0.2, 0) is 25.5 Å². The number of nitrogens with one attached hydrogen (secondary N) is 3. The fourth-order valence-electron chi connectivity index (χ4n) is 4.48. The third-order valence-corrected chi connectivity index (χ3v) is 6.94. The first-order valence-electron chi connectivity index (χ1n) is 12.6. The largest absolute Gasteiger partial charge is 0.507 e. The average molecular weight is 525 g/mol. The molecule has 38 heavy (non-hydrogen) atoms. The van der Waals surface area contributed by atoms with E-state index in [0.29, 0.717) is 18.4 Å². The Hall–Kier alpha value is -3.99. The highest BCUT2D eigenvalue weighted by atomic mass is 16.6. The smallest absolute Gasteiger partial charge is 0.312 e. The number of hydrogen-bond acceptors (Lipinski definition) is 8. The summed E-state index contributed by atoms with van der Waals surface area (Å²) in [6.07, 6.45) is 2.29. The van der Waals surface area contributed by atoms with E-state index in [4.69, 9.17) is 4.74 Å². The fourth-order valence-corrected chi connectivity index (χ4v) is 4.48. The molecule has 202 valence electrons. The molecule has 6 atom stereocenters. The van der Waals surface area contributed by atoms with Crippen LogP contribution in [0.5, 0.6) is 5.75 Å². The minimum atomic E-state index is -1.36. The maximum atomic E-state index is 13.6. The first-order chi connectivity index (χ1) is 18.2. The number of ether oxygens (including phenoxy) is 1. The number of amides is 3. The number of para-hydroxylation sites is 1. The van der Waals surface area contributed by atoms with Crippen LogP contribution >= 0.6 is 0 Å². The average Bonchev–Trinajstić information content (AvgIpc) is 3.74. The van der Waals surface area contributed by atoms with Crippen molar-refractivity contribution in [1.29, 1.82) is 0 Å². The van der Waals surface area contributed by atoms with Crippen molar-refractivity contribution in [3.05, 3.63) is 59.9 Å². The van der Waals surface area contributed by atoms with E-state index in [1.807, 2.05) is 0 Å². The summed E-state index contributed by atoms with van der Waals surface area (Å²) in [5.41, 5.74) is 0.659. The standard InChI is InChI=1S/C27H32N4O7/c1-14-22(33)19(12-16-6-5-11-28-13-16)30-25(35)21(31-24(34)18-7-3-4-8-20(18)32)15(2)29-26(36)23(17-9-10-17)38-27(14)37/h3-8,11,13-15,17,19,21-23,32-33H,9-10,12H2,1-2H3,(H,29,36)(H,30,35)(H,31,34)/t14-,15-,19+,21+,22+,23?/m1/s1. The van der Waals surface area contributed by atoms with Crippen molar-refractivity contribution in [3.63, 3.8) is 0 Å². The lowest BCUT2D eigenvalue weighted by molar-refractivity contribution is -0.165. The number of phenolic OH excluding ortho intramolecular Hbond substituents is 1. The van der Waals surface area contributed by atoms with E-state index in [2.05, 4.69) is 20.9 Å². The zero-order valence-electron chi connectivity index (χ0n) is 21.2. The van der Waals surface area contributed by atoms with E-state index in [-0.39, 0.29) is 23.7 Å². The third-order valence-electron chi connectivity index (χ3n) is 6.94. The Morgan fingerprint density at radius 3 is 2.47 bits per heavy atom. The molecule has 1 aromatic carbocycles. The van der Waals surface area contributed by atoms with Gasteiger partial charge in [0, 0.05) is 18.3 Å². The van der Waals surface area contributed by atoms with Crippen LogP contribution in [0.3, 0.4) is 0 Å². The van der Waals surface area contributed by atoms with Crippen LogP contribution in [0, 0.1) is 11.8 Å². The zero-order chi connectivity index (χ0) is 27.4. The maximum absolute atomic E-state index is 13.6. The molecule has 1 unspecified atom stereocenters. The van der Waals surface area contributed by atoms with Gasteiger partial charge >= 0.3 is 5.97 Å². The molecule has 1 aromatic heterocycles. The number of aliphatic hydroxyl groups excluding tert-OH is 1. The van der Waals surface area contributed by atoms with E-state index in [9.17, 15) is 29.4 Å². The minimum absolute atomic E-state index is 0.0460. The van der Waals surface area contributed by atoms with Gasteiger partial charge in [0.15, 0.2) is 6.10 Å². The summed E-state index contributed by atoms with van der Waals surface area (Å²) in [5, 5.41) is 29.3. The second kappa shape index (κ2) is 11.6. The zero-order valence-corrected chi connectivity index (χ0v) is 21.2. The molecule has 2 heterocycles. The lowest BCUT2D eigenvalue weighted by atomic mass is 9.92. The molecule has 1 aliphatic heterocycles. The van der Waals surface area contributed by atoms with Gasteiger partial charge in [-0.25, -0.2) is 0 Å². The number of hydrogen-bond donors (Lipinski definition) is 5. The molecule has 2 fully saturated rings. The van der Waals surface area contributed by atoms with Crippen LogP contribution < -0.4 is 16.0 Å². The molecule has 2 aliphatic rings. The second-order valence-corrected chi connectivity index (χ2v) is 9.92. The second-order valence-electron chi connectivity index (χ2n) is 9.92. The molecule has 0 spiro atoms. The number of esters is 1. The number of phenols is 1. The van der Waals surface area contributed by atoms with Gasteiger partial charge < -0.3 is 30.9 Å². The SMILES string of the molecule is C[C@H]1NC(=O)C(C2CC2)OC(=O)[C@H](C)[C@H](O)[C@H](Cc2cccnc2)NC(=O)[C@H]1NC(=O)c1ccccc1O. The van der Waals surface area contributed by atoms with Crippen LogP contribution in [0.4, 0.5) is 0 Å². The Balaban J connectivity index is 1.66. The van der Waals surface area contributed by atoms with Crippen LogP contribution in [-0.4, -0.2) is 69.2 Å². The predicted octanol–water partition coefficient (Wildman–Crippen LogP) is 0.450. The van der Waals surface area contributed by atoms with Crippen molar-refractivity contribution < 1.29 is 34.1 Å². The van der Waals surface area contributed by atoms with E-state index in [0.717, 1.165) is 0 Å². The maximum Gasteiger partial charge on any atom is 0.312 e. The number of aromatic hydroxyl groups is 1. The van der Waals surface area contributed by atoms with Crippen molar-refractivity contribution in [3.8, 4) is 5.75 Å². The van der Waals surface area contributed by atoms with Gasteiger partial charge in [-0.15, -0.1) is 0 Å². The number of rotatable bonds is 5. The Bertz CT molecular complexity index is 1190. The highest BCUT2D eigenvalue weighted by molar-refractivity contribution is 6.00. The Morgan fingerprint density at radius 1 is 1.08 bits per heavy atom. The van der Waals surface area contributed by atoms with Gasteiger partial charge in [-0.3, -0.25) is 24.2 Å². The molecular weight excluding hydrogens is 492 g/mol. The molecule has 11 heteroatoms. The van der Waals surface area contributed by atoms with Gasteiger partial charge in [0.25, 0.3) is 11.8 Å². The number of pyridine rings is 1. The fraction of sp³-hybridized carbons (Fsp3) is 0.444. The molecule has 2 aromatic rings. The summed E-state index contributed by atoms with van der Waals surface area (Å²) in [6.45, 7) is 3.02. The first kappa shape index (κ1) is 27.1. The monoisotopic (exact) mass is 524 g/mol. The summed E-state index contributed by atoms with van der Waals surface area (Å²) in [6, 6.07) is 6.21. The molecule has 0 bridgehead atoms. The summed E-state index contributed by atoms with van der Waals surface area (Å²) < 4.78 is 5.56. The Labute approximate surface area is 220 Å². The number of benzene rings is 1. The van der Waals surface area contributed by atoms with E-state index in [1.54, 1.807) is 43.6 Å². The summed E-state index contributed by atoms with van der Waals surface area (Å²) in [4.78, 5) is 56.7. The van der Waals surface area contributed by atoms with Gasteiger partial charge in [0.1, 0.15) is 11.8 Å². The van der Waals surface area contributed by atoms with Crippen LogP contribution in [0.2, 0.25) is 0 Å². The van der Waals surface area contributed by atoms with Gasteiger partial charge in [0.05, 0.1) is 29.7 Å². The number of nitrogens with zero attached hydrogens (tertiary/aromatic N) is 1. The van der Waals surface area contributed by atoms with Gasteiger partial charge in [-0.1, -0.05) is 18.2 Å². The number of aromatic nitrogens is 1. The molecule has 11 nitrogen and oxygen atoms in total. The van der Waals surface area contributed by atoms with Crippen molar-refractivity contribution in [2.45, 2.75) is 63.4 Å². The van der Waals surface area contributed by atoms with Crippen LogP contribution in [0.15, 0.2) is 48.8 Å². The lowest BCUT2D eigenvalue weighted by Gasteiger charge is -2.33. The van der Waals surface area contributed by atoms with E-state index < -0.39 is 59.9 Å². The Morgan fingerprint density at radius 2 is 1.82 bits per heavy atom. The van der Waals surface area contributed by atoms with Crippen molar-refractivity contribution in [2.24, 2.45) is 11.8 Å². The Kier molecular flexibility index (Phi) is 8.26. The molecule has 5 N–H and O–H groups in total. The van der Waals surface area contributed by atoms with Crippen molar-refractivity contribution in [1.82, 2.24) is 20.9 Å². The summed E-state index contributed by atoms with van der Waals surface area (Å²) in [5.74, 6) is -4.22. The van der Waals surface area contributed by atoms with E-state index >= 15 is 0 Å². The number of cyclic esters (lactones) is 1. The molecular formula is C27H32N4O7. The molecule has 1 aliphatic carbocycles. The van der Waals surface area contributed by atoms with Crippen LogP contribution in [0.25, 0.3) is 0 Å². The number of carbonyl (C=O) groups is 4. The van der Waals surface area contributed by atoms with Crippen LogP contribution in [0.1, 0.15) is 42.6 Å². The molecule has 1 saturated heterocycles. The number of carbonyl (C=O) groups excluding carboxylic acids is 4. The highest BCUT2D eigenvalue weighted by Crippen LogP contribution is 2.35. The van der Waals surface area contributed by atoms with Gasteiger partial charge in [-0.2, -0.15) is 0 Å².